The van der Waals surface area contributed by atoms with Crippen molar-refractivity contribution < 1.29 is 9.18 Å². The van der Waals surface area contributed by atoms with Crippen molar-refractivity contribution in [2.45, 2.75) is 27.4 Å². The molecule has 0 aliphatic heterocycles. The van der Waals surface area contributed by atoms with E-state index in [0.29, 0.717) is 12.4 Å². The first-order chi connectivity index (χ1) is 11.8. The Labute approximate surface area is 152 Å². The smallest absolute Gasteiger partial charge is 0.276 e. The van der Waals surface area contributed by atoms with Crippen LogP contribution < -0.4 is 5.32 Å². The van der Waals surface area contributed by atoms with Gasteiger partial charge in [0.1, 0.15) is 12.5 Å². The predicted octanol–water partition coefficient (Wildman–Crippen LogP) is 3.66. The zero-order valence-corrected chi connectivity index (χ0v) is 15.6. The van der Waals surface area contributed by atoms with Crippen molar-refractivity contribution in [1.82, 2.24) is 19.6 Å². The van der Waals surface area contributed by atoms with Crippen molar-refractivity contribution in [2.75, 3.05) is 5.32 Å². The van der Waals surface area contributed by atoms with Crippen molar-refractivity contribution in [2.24, 2.45) is 0 Å². The van der Waals surface area contributed by atoms with E-state index >= 15 is 0 Å². The molecular weight excluding hydrogens is 389 g/mol. The molecule has 0 aliphatic carbocycles. The standard InChI is InChI=1S/C17H17BrFN5O/c1-10-4-5-13(19)8-15(10)20-17(25)14-6-7-23(22-14)9-24-12(3)16(18)11(2)21-24/h4-8H,9H2,1-3H3,(H,20,25). The molecule has 2 heterocycles. The summed E-state index contributed by atoms with van der Waals surface area (Å²) in [4.78, 5) is 12.3. The Balaban J connectivity index is 1.75. The molecule has 0 atom stereocenters. The van der Waals surface area contributed by atoms with E-state index in [2.05, 4.69) is 31.4 Å². The van der Waals surface area contributed by atoms with Gasteiger partial charge in [-0.2, -0.15) is 10.2 Å². The minimum Gasteiger partial charge on any atom is -0.320 e. The van der Waals surface area contributed by atoms with Crippen LogP contribution in [0.1, 0.15) is 27.4 Å². The fourth-order valence-corrected chi connectivity index (χ4v) is 2.71. The van der Waals surface area contributed by atoms with Crippen molar-refractivity contribution >= 4 is 27.5 Å². The molecule has 2 aromatic heterocycles. The molecule has 1 amide bonds. The number of hydrogen-bond donors (Lipinski definition) is 1. The molecule has 3 rings (SSSR count). The number of aromatic nitrogens is 4. The highest BCUT2D eigenvalue weighted by Crippen LogP contribution is 2.20. The van der Waals surface area contributed by atoms with Gasteiger partial charge in [-0.25, -0.2) is 9.07 Å². The van der Waals surface area contributed by atoms with Crippen molar-refractivity contribution in [3.63, 3.8) is 0 Å². The minimum absolute atomic E-state index is 0.254. The molecule has 0 saturated carbocycles. The van der Waals surface area contributed by atoms with Crippen LogP contribution in [-0.2, 0) is 6.67 Å². The third kappa shape index (κ3) is 3.63. The Morgan fingerprint density at radius 1 is 1.24 bits per heavy atom. The van der Waals surface area contributed by atoms with Crippen molar-refractivity contribution in [3.05, 3.63) is 63.4 Å². The van der Waals surface area contributed by atoms with Gasteiger partial charge < -0.3 is 5.32 Å². The quantitative estimate of drug-likeness (QED) is 0.719. The van der Waals surface area contributed by atoms with Crippen LogP contribution in [0.2, 0.25) is 0 Å². The van der Waals surface area contributed by atoms with Crippen LogP contribution in [0.4, 0.5) is 10.1 Å². The van der Waals surface area contributed by atoms with E-state index in [0.717, 1.165) is 21.4 Å². The summed E-state index contributed by atoms with van der Waals surface area (Å²) in [7, 11) is 0. The number of hydrogen-bond acceptors (Lipinski definition) is 3. The number of benzene rings is 1. The maximum atomic E-state index is 13.3. The number of carbonyl (C=O) groups is 1. The lowest BCUT2D eigenvalue weighted by atomic mass is 10.2. The number of anilines is 1. The highest BCUT2D eigenvalue weighted by atomic mass is 79.9. The number of amides is 1. The second-order valence-corrected chi connectivity index (χ2v) is 6.57. The summed E-state index contributed by atoms with van der Waals surface area (Å²) >= 11 is 3.48. The maximum absolute atomic E-state index is 13.3. The number of nitrogens with zero attached hydrogens (tertiary/aromatic N) is 4. The fraction of sp³-hybridized carbons (Fsp3) is 0.235. The van der Waals surface area contributed by atoms with E-state index in [9.17, 15) is 9.18 Å². The monoisotopic (exact) mass is 405 g/mol. The Morgan fingerprint density at radius 3 is 2.68 bits per heavy atom. The third-order valence-electron chi connectivity index (χ3n) is 3.89. The predicted molar refractivity (Wildman–Crippen MR) is 96.1 cm³/mol. The zero-order chi connectivity index (χ0) is 18.1. The average molecular weight is 406 g/mol. The van der Waals surface area contributed by atoms with Gasteiger partial charge in [-0.15, -0.1) is 0 Å². The first kappa shape index (κ1) is 17.3. The van der Waals surface area contributed by atoms with Crippen LogP contribution in [0.15, 0.2) is 34.9 Å². The highest BCUT2D eigenvalue weighted by Gasteiger charge is 2.13. The van der Waals surface area contributed by atoms with Gasteiger partial charge in [-0.1, -0.05) is 6.07 Å². The molecule has 1 aromatic carbocycles. The molecule has 6 nitrogen and oxygen atoms in total. The summed E-state index contributed by atoms with van der Waals surface area (Å²) in [6.07, 6.45) is 1.71. The Bertz CT molecular complexity index is 947. The molecule has 25 heavy (non-hydrogen) atoms. The van der Waals surface area contributed by atoms with Crippen LogP contribution in [0, 0.1) is 26.6 Å². The Morgan fingerprint density at radius 2 is 2.00 bits per heavy atom. The molecule has 3 aromatic rings. The Kier molecular flexibility index (Phi) is 4.71. The molecule has 0 fully saturated rings. The lowest BCUT2D eigenvalue weighted by molar-refractivity contribution is 0.102. The van der Waals surface area contributed by atoms with Crippen LogP contribution in [-0.4, -0.2) is 25.5 Å². The van der Waals surface area contributed by atoms with Gasteiger partial charge in [0.05, 0.1) is 15.9 Å². The van der Waals surface area contributed by atoms with Crippen molar-refractivity contribution in [1.29, 1.82) is 0 Å². The summed E-state index contributed by atoms with van der Waals surface area (Å²) in [5.74, 6) is -0.788. The summed E-state index contributed by atoms with van der Waals surface area (Å²) in [5, 5.41) is 11.4. The molecule has 0 unspecified atom stereocenters. The molecule has 130 valence electrons. The first-order valence-corrected chi connectivity index (χ1v) is 8.45. The van der Waals surface area contributed by atoms with Crippen molar-refractivity contribution in [3.8, 4) is 0 Å². The molecule has 0 bridgehead atoms. The summed E-state index contributed by atoms with van der Waals surface area (Å²) in [6.45, 7) is 6.06. The Hall–Kier alpha value is -2.48. The van der Waals surface area contributed by atoms with Crippen LogP contribution in [0.3, 0.4) is 0 Å². The molecule has 0 aliphatic rings. The van der Waals surface area contributed by atoms with Gasteiger partial charge in [0.25, 0.3) is 5.91 Å². The maximum Gasteiger partial charge on any atom is 0.276 e. The normalized spacial score (nSPS) is 10.9. The first-order valence-electron chi connectivity index (χ1n) is 7.65. The lowest BCUT2D eigenvalue weighted by Crippen LogP contribution is -2.16. The zero-order valence-electron chi connectivity index (χ0n) is 14.0. The van der Waals surface area contributed by atoms with Crippen LogP contribution >= 0.6 is 15.9 Å². The van der Waals surface area contributed by atoms with Crippen LogP contribution in [0.25, 0.3) is 0 Å². The molecule has 8 heteroatoms. The second-order valence-electron chi connectivity index (χ2n) is 5.78. The number of halogens is 2. The van der Waals surface area contributed by atoms with E-state index < -0.39 is 5.82 Å². The largest absolute Gasteiger partial charge is 0.320 e. The van der Waals surface area contributed by atoms with Gasteiger partial charge in [-0.3, -0.25) is 9.48 Å². The van der Waals surface area contributed by atoms with Crippen LogP contribution in [0.5, 0.6) is 0 Å². The molecule has 0 radical (unpaired) electrons. The highest BCUT2D eigenvalue weighted by molar-refractivity contribution is 9.10. The van der Waals surface area contributed by atoms with Gasteiger partial charge >= 0.3 is 0 Å². The third-order valence-corrected chi connectivity index (χ3v) is 5.04. The molecule has 1 N–H and O–H groups in total. The summed E-state index contributed by atoms with van der Waals surface area (Å²) in [5.41, 5.74) is 3.34. The van der Waals surface area contributed by atoms with E-state index in [1.165, 1.54) is 12.1 Å². The van der Waals surface area contributed by atoms with Gasteiger partial charge in [0.2, 0.25) is 0 Å². The molecule has 0 saturated heterocycles. The van der Waals surface area contributed by atoms with Gasteiger partial charge in [0, 0.05) is 11.9 Å². The summed E-state index contributed by atoms with van der Waals surface area (Å²) in [6, 6.07) is 5.87. The lowest BCUT2D eigenvalue weighted by Gasteiger charge is -2.07. The number of aryl methyl sites for hydroxylation is 2. The second kappa shape index (κ2) is 6.79. The average Bonchev–Trinajstić information content (AvgIpc) is 3.13. The number of nitrogens with one attached hydrogen (secondary N) is 1. The minimum atomic E-state index is -0.401. The SMILES string of the molecule is Cc1ccc(F)cc1NC(=O)c1ccn(Cn2nc(C)c(Br)c2C)n1. The molecule has 0 spiro atoms. The van der Waals surface area contributed by atoms with E-state index in [1.54, 1.807) is 34.6 Å². The number of rotatable bonds is 4. The fourth-order valence-electron chi connectivity index (χ4n) is 2.43. The van der Waals surface area contributed by atoms with E-state index in [-0.39, 0.29) is 11.6 Å². The summed E-state index contributed by atoms with van der Waals surface area (Å²) < 4.78 is 17.7. The molecular formula is C17H17BrFN5O. The van der Waals surface area contributed by atoms with E-state index in [4.69, 9.17) is 0 Å². The van der Waals surface area contributed by atoms with Gasteiger partial charge in [-0.05, 0) is 60.5 Å². The topological polar surface area (TPSA) is 64.7 Å². The number of carbonyl (C=O) groups excluding carboxylic acids is 1. The van der Waals surface area contributed by atoms with E-state index in [1.807, 2.05) is 13.8 Å². The van der Waals surface area contributed by atoms with Gasteiger partial charge in [0.15, 0.2) is 5.69 Å².